The largest absolute Gasteiger partial charge is 0.497 e. The fraction of sp³-hybridized carbons (Fsp3) is 0.269. The highest BCUT2D eigenvalue weighted by atomic mass is 32.2. The number of aryl methyl sites for hydroxylation is 1. The van der Waals surface area contributed by atoms with E-state index in [0.29, 0.717) is 11.5 Å². The van der Waals surface area contributed by atoms with Gasteiger partial charge in [-0.05, 0) is 66.4 Å². The summed E-state index contributed by atoms with van der Waals surface area (Å²) in [5, 5.41) is 0. The average molecular weight is 468 g/mol. The summed E-state index contributed by atoms with van der Waals surface area (Å²) in [5.74, 6) is 0.327. The van der Waals surface area contributed by atoms with E-state index in [4.69, 9.17) is 9.47 Å². The van der Waals surface area contributed by atoms with Crippen molar-refractivity contribution in [3.8, 4) is 11.5 Å². The number of nitrogens with zero attached hydrogens (tertiary/aromatic N) is 1. The Morgan fingerprint density at radius 1 is 0.848 bits per heavy atom. The number of sulfonamides is 1. The molecular weight excluding hydrogens is 438 g/mol. The number of hydrogen-bond donors (Lipinski definition) is 0. The van der Waals surface area contributed by atoms with E-state index in [9.17, 15) is 13.2 Å². The molecule has 1 amide bonds. The first kappa shape index (κ1) is 24.3. The van der Waals surface area contributed by atoms with Crippen molar-refractivity contribution in [1.29, 1.82) is 0 Å². The lowest BCUT2D eigenvalue weighted by Gasteiger charge is -2.23. The zero-order valence-corrected chi connectivity index (χ0v) is 20.3. The van der Waals surface area contributed by atoms with Crippen molar-refractivity contribution in [2.75, 3.05) is 18.0 Å². The van der Waals surface area contributed by atoms with Crippen LogP contribution in [0.4, 0.5) is 5.69 Å². The predicted octanol–water partition coefficient (Wildman–Crippen LogP) is 5.10. The lowest BCUT2D eigenvalue weighted by molar-refractivity contribution is -0.119. The summed E-state index contributed by atoms with van der Waals surface area (Å²) in [6.45, 7) is 7.74. The summed E-state index contributed by atoms with van der Waals surface area (Å²) in [6, 6.07) is 20.0. The lowest BCUT2D eigenvalue weighted by Crippen LogP contribution is -2.40. The zero-order valence-electron chi connectivity index (χ0n) is 19.5. The molecule has 3 aromatic carbocycles. The summed E-state index contributed by atoms with van der Waals surface area (Å²) in [6.07, 6.45) is 0. The van der Waals surface area contributed by atoms with Crippen molar-refractivity contribution in [1.82, 2.24) is 0 Å². The molecule has 0 unspecified atom stereocenters. The summed E-state index contributed by atoms with van der Waals surface area (Å²) >= 11 is 0. The maximum Gasteiger partial charge on any atom is 0.278 e. The minimum atomic E-state index is -4.16. The Labute approximate surface area is 195 Å². The number of carbonyl (C=O) groups excluding carboxylic acids is 1. The molecule has 0 atom stereocenters. The quantitative estimate of drug-likeness (QED) is 0.483. The van der Waals surface area contributed by atoms with Gasteiger partial charge < -0.3 is 9.47 Å². The van der Waals surface area contributed by atoms with Gasteiger partial charge in [-0.15, -0.1) is 0 Å². The van der Waals surface area contributed by atoms with Gasteiger partial charge >= 0.3 is 0 Å². The van der Waals surface area contributed by atoms with Crippen LogP contribution in [0.2, 0.25) is 0 Å². The molecule has 0 aliphatic heterocycles. The maximum atomic E-state index is 13.4. The molecule has 7 heteroatoms. The van der Waals surface area contributed by atoms with Crippen molar-refractivity contribution in [3.63, 3.8) is 0 Å². The van der Waals surface area contributed by atoms with Gasteiger partial charge in [0.2, 0.25) is 0 Å². The Morgan fingerprint density at radius 3 is 1.91 bits per heavy atom. The number of rotatable bonds is 7. The van der Waals surface area contributed by atoms with E-state index >= 15 is 0 Å². The second-order valence-corrected chi connectivity index (χ2v) is 10.5. The minimum absolute atomic E-state index is 0.0123. The summed E-state index contributed by atoms with van der Waals surface area (Å²) < 4.78 is 38.4. The van der Waals surface area contributed by atoms with Gasteiger partial charge in [0.05, 0.1) is 17.7 Å². The van der Waals surface area contributed by atoms with Crippen molar-refractivity contribution in [2.24, 2.45) is 0 Å². The summed E-state index contributed by atoms with van der Waals surface area (Å²) in [7, 11) is -2.64. The number of hydrogen-bond acceptors (Lipinski definition) is 5. The fourth-order valence-electron chi connectivity index (χ4n) is 3.20. The second-order valence-electron chi connectivity index (χ2n) is 8.74. The molecule has 0 spiro atoms. The Bertz CT molecular complexity index is 1190. The molecule has 174 valence electrons. The molecule has 0 aliphatic rings. The smallest absolute Gasteiger partial charge is 0.278 e. The second kappa shape index (κ2) is 9.67. The molecule has 0 saturated carbocycles. The van der Waals surface area contributed by atoms with Crippen LogP contribution in [-0.4, -0.2) is 28.0 Å². The van der Waals surface area contributed by atoms with Crippen LogP contribution in [0.3, 0.4) is 0 Å². The van der Waals surface area contributed by atoms with Crippen molar-refractivity contribution in [2.45, 2.75) is 38.0 Å². The number of methoxy groups -OCH3 is 1. The van der Waals surface area contributed by atoms with E-state index in [1.807, 2.05) is 19.1 Å². The third kappa shape index (κ3) is 5.73. The molecule has 0 bridgehead atoms. The first-order chi connectivity index (χ1) is 15.5. The highest BCUT2D eigenvalue weighted by molar-refractivity contribution is 7.93. The number of ether oxygens (including phenoxy) is 2. The van der Waals surface area contributed by atoms with Crippen LogP contribution in [0.25, 0.3) is 0 Å². The molecule has 3 aromatic rings. The van der Waals surface area contributed by atoms with E-state index in [0.717, 1.165) is 15.4 Å². The summed E-state index contributed by atoms with van der Waals surface area (Å²) in [5.41, 5.74) is 2.23. The van der Waals surface area contributed by atoms with E-state index in [2.05, 4.69) is 20.8 Å². The number of anilines is 1. The number of amides is 1. The maximum absolute atomic E-state index is 13.4. The van der Waals surface area contributed by atoms with Gasteiger partial charge in [-0.25, -0.2) is 8.42 Å². The molecule has 0 fully saturated rings. The highest BCUT2D eigenvalue weighted by Gasteiger charge is 2.31. The van der Waals surface area contributed by atoms with E-state index in [-0.39, 0.29) is 16.0 Å². The van der Waals surface area contributed by atoms with Crippen LogP contribution in [-0.2, 0) is 20.2 Å². The van der Waals surface area contributed by atoms with Crippen molar-refractivity contribution < 1.29 is 22.7 Å². The first-order valence-corrected chi connectivity index (χ1v) is 12.0. The Hall–Kier alpha value is -3.32. The van der Waals surface area contributed by atoms with Gasteiger partial charge in [0.25, 0.3) is 15.9 Å². The number of carbonyl (C=O) groups is 1. The molecular formula is C26H29NO5S. The van der Waals surface area contributed by atoms with Gasteiger partial charge in [-0.1, -0.05) is 50.6 Å². The highest BCUT2D eigenvalue weighted by Crippen LogP contribution is 2.27. The van der Waals surface area contributed by atoms with Crippen LogP contribution in [0.1, 0.15) is 31.9 Å². The Balaban J connectivity index is 1.89. The molecule has 33 heavy (non-hydrogen) atoms. The third-order valence-corrected chi connectivity index (χ3v) is 6.94. The molecule has 0 radical (unpaired) electrons. The Morgan fingerprint density at radius 2 is 1.39 bits per heavy atom. The third-order valence-electron chi connectivity index (χ3n) is 5.18. The van der Waals surface area contributed by atoms with E-state index < -0.39 is 22.5 Å². The lowest BCUT2D eigenvalue weighted by atomic mass is 9.87. The monoisotopic (exact) mass is 467 g/mol. The van der Waals surface area contributed by atoms with Gasteiger partial charge in [0, 0.05) is 0 Å². The topological polar surface area (TPSA) is 72.9 Å². The standard InChI is InChI=1S/C26H29NO5S/c1-19-6-16-24(17-7-19)33(29,30)27(21-10-14-22(31-5)15-11-21)25(28)18-32-23-12-8-20(9-13-23)26(2,3)4/h6-17H,18H2,1-5H3. The molecule has 0 aliphatic carbocycles. The molecule has 0 heterocycles. The van der Waals surface area contributed by atoms with Crippen LogP contribution in [0, 0.1) is 6.92 Å². The van der Waals surface area contributed by atoms with Gasteiger partial charge in [-0.2, -0.15) is 4.31 Å². The van der Waals surface area contributed by atoms with Crippen LogP contribution >= 0.6 is 0 Å². The van der Waals surface area contributed by atoms with E-state index in [1.165, 1.54) is 31.4 Å². The minimum Gasteiger partial charge on any atom is -0.497 e. The first-order valence-electron chi connectivity index (χ1n) is 10.5. The van der Waals surface area contributed by atoms with Crippen LogP contribution in [0.5, 0.6) is 11.5 Å². The van der Waals surface area contributed by atoms with Crippen LogP contribution in [0.15, 0.2) is 77.7 Å². The van der Waals surface area contributed by atoms with Crippen molar-refractivity contribution >= 4 is 21.6 Å². The SMILES string of the molecule is COc1ccc(N(C(=O)COc2ccc(C(C)(C)C)cc2)S(=O)(=O)c2ccc(C)cc2)cc1. The summed E-state index contributed by atoms with van der Waals surface area (Å²) in [4.78, 5) is 13.2. The molecule has 6 nitrogen and oxygen atoms in total. The van der Waals surface area contributed by atoms with Gasteiger partial charge in [0.15, 0.2) is 6.61 Å². The molecule has 0 N–H and O–H groups in total. The fourth-order valence-corrected chi connectivity index (χ4v) is 4.62. The van der Waals surface area contributed by atoms with Gasteiger partial charge in [0.1, 0.15) is 11.5 Å². The van der Waals surface area contributed by atoms with E-state index in [1.54, 1.807) is 36.4 Å². The zero-order chi connectivity index (χ0) is 24.2. The normalized spacial score (nSPS) is 11.7. The number of benzene rings is 3. The molecule has 0 saturated heterocycles. The van der Waals surface area contributed by atoms with Crippen LogP contribution < -0.4 is 13.8 Å². The van der Waals surface area contributed by atoms with Crippen molar-refractivity contribution in [3.05, 3.63) is 83.9 Å². The van der Waals surface area contributed by atoms with Gasteiger partial charge in [-0.3, -0.25) is 4.79 Å². The average Bonchev–Trinajstić information content (AvgIpc) is 2.78. The molecule has 0 aromatic heterocycles. The predicted molar refractivity (Wildman–Crippen MR) is 129 cm³/mol. The molecule has 3 rings (SSSR count). The Kier molecular flexibility index (Phi) is 7.12.